The van der Waals surface area contributed by atoms with Crippen molar-refractivity contribution in [3.63, 3.8) is 0 Å². The standard InChI is InChI=1S/C16H29NOS/c1-14(2)8-6-4-5-7-11-17-12-15-9-10-16(18-15)13-19-3/h9-10,14,17H,4-8,11-13H2,1-3H3. The molecule has 0 bridgehead atoms. The molecule has 1 rings (SSSR count). The highest BCUT2D eigenvalue weighted by Gasteiger charge is 2.00. The number of nitrogens with one attached hydrogen (secondary N) is 1. The molecule has 0 aromatic carbocycles. The SMILES string of the molecule is CSCc1ccc(CNCCCCCCC(C)C)o1. The lowest BCUT2D eigenvalue weighted by Gasteiger charge is -2.05. The molecule has 0 atom stereocenters. The molecule has 0 saturated carbocycles. The summed E-state index contributed by atoms with van der Waals surface area (Å²) in [5.41, 5.74) is 0. The molecule has 0 radical (unpaired) electrons. The summed E-state index contributed by atoms with van der Waals surface area (Å²) in [6.07, 6.45) is 8.84. The van der Waals surface area contributed by atoms with Crippen LogP contribution in [0.4, 0.5) is 0 Å². The zero-order chi connectivity index (χ0) is 13.9. The van der Waals surface area contributed by atoms with E-state index in [1.165, 1.54) is 32.1 Å². The molecule has 3 heteroatoms. The van der Waals surface area contributed by atoms with Crippen molar-refractivity contribution in [2.45, 2.75) is 58.2 Å². The summed E-state index contributed by atoms with van der Waals surface area (Å²) >= 11 is 1.80. The maximum atomic E-state index is 5.71. The van der Waals surface area contributed by atoms with Crippen LogP contribution in [0.1, 0.15) is 57.5 Å². The molecule has 0 aliphatic heterocycles. The molecule has 2 nitrogen and oxygen atoms in total. The highest BCUT2D eigenvalue weighted by molar-refractivity contribution is 7.97. The van der Waals surface area contributed by atoms with Crippen LogP contribution >= 0.6 is 11.8 Å². The number of hydrogen-bond donors (Lipinski definition) is 1. The molecular formula is C16H29NOS. The van der Waals surface area contributed by atoms with E-state index in [4.69, 9.17) is 4.42 Å². The lowest BCUT2D eigenvalue weighted by Crippen LogP contribution is -2.14. The van der Waals surface area contributed by atoms with Crippen molar-refractivity contribution in [1.82, 2.24) is 5.32 Å². The van der Waals surface area contributed by atoms with Gasteiger partial charge in [-0.05, 0) is 37.3 Å². The predicted molar refractivity (Wildman–Crippen MR) is 85.6 cm³/mol. The molecular weight excluding hydrogens is 254 g/mol. The molecule has 0 aliphatic carbocycles. The summed E-state index contributed by atoms with van der Waals surface area (Å²) in [4.78, 5) is 0. The van der Waals surface area contributed by atoms with E-state index in [0.29, 0.717) is 0 Å². The Kier molecular flexibility index (Phi) is 9.10. The number of rotatable bonds is 11. The third-order valence-electron chi connectivity index (χ3n) is 3.19. The lowest BCUT2D eigenvalue weighted by molar-refractivity contribution is 0.453. The average molecular weight is 283 g/mol. The fourth-order valence-corrected chi connectivity index (χ4v) is 2.54. The van der Waals surface area contributed by atoms with E-state index < -0.39 is 0 Å². The Morgan fingerprint density at radius 2 is 1.84 bits per heavy atom. The Bertz CT molecular complexity index is 322. The Hall–Kier alpha value is -0.410. The zero-order valence-electron chi connectivity index (χ0n) is 12.7. The van der Waals surface area contributed by atoms with Crippen LogP contribution in [0.15, 0.2) is 16.5 Å². The van der Waals surface area contributed by atoms with E-state index in [-0.39, 0.29) is 0 Å². The van der Waals surface area contributed by atoms with Crippen molar-refractivity contribution in [3.8, 4) is 0 Å². The molecule has 110 valence electrons. The molecule has 1 N–H and O–H groups in total. The summed E-state index contributed by atoms with van der Waals surface area (Å²) in [6.45, 7) is 6.56. The number of thioether (sulfide) groups is 1. The minimum Gasteiger partial charge on any atom is -0.464 e. The van der Waals surface area contributed by atoms with Gasteiger partial charge in [0.25, 0.3) is 0 Å². The van der Waals surface area contributed by atoms with Gasteiger partial charge in [0, 0.05) is 0 Å². The molecule has 19 heavy (non-hydrogen) atoms. The smallest absolute Gasteiger partial charge is 0.117 e. The number of furan rings is 1. The second kappa shape index (κ2) is 10.4. The zero-order valence-corrected chi connectivity index (χ0v) is 13.5. The van der Waals surface area contributed by atoms with Crippen molar-refractivity contribution in [2.75, 3.05) is 12.8 Å². The molecule has 0 spiro atoms. The van der Waals surface area contributed by atoms with Gasteiger partial charge in [0.15, 0.2) is 0 Å². The Morgan fingerprint density at radius 1 is 1.11 bits per heavy atom. The third-order valence-corrected chi connectivity index (χ3v) is 3.76. The summed E-state index contributed by atoms with van der Waals surface area (Å²) in [5.74, 6) is 3.96. The van der Waals surface area contributed by atoms with Gasteiger partial charge in [0.05, 0.1) is 12.3 Å². The molecule has 0 fully saturated rings. The van der Waals surface area contributed by atoms with Gasteiger partial charge < -0.3 is 9.73 Å². The maximum absolute atomic E-state index is 5.71. The first-order chi connectivity index (χ1) is 9.22. The van der Waals surface area contributed by atoms with Gasteiger partial charge in [-0.15, -0.1) is 0 Å². The summed E-state index contributed by atoms with van der Waals surface area (Å²) in [5, 5.41) is 3.46. The average Bonchev–Trinajstić information content (AvgIpc) is 2.80. The van der Waals surface area contributed by atoms with Gasteiger partial charge in [-0.1, -0.05) is 39.5 Å². The van der Waals surface area contributed by atoms with Crippen molar-refractivity contribution in [3.05, 3.63) is 23.7 Å². The minimum absolute atomic E-state index is 0.854. The summed E-state index contributed by atoms with van der Waals surface area (Å²) in [6, 6.07) is 4.17. The van der Waals surface area contributed by atoms with Crippen LogP contribution in [0.25, 0.3) is 0 Å². The molecule has 1 aromatic heterocycles. The van der Waals surface area contributed by atoms with Gasteiger partial charge in [-0.2, -0.15) is 11.8 Å². The van der Waals surface area contributed by atoms with Crippen LogP contribution < -0.4 is 5.32 Å². The second-order valence-electron chi connectivity index (χ2n) is 5.57. The van der Waals surface area contributed by atoms with Crippen LogP contribution in [0.3, 0.4) is 0 Å². The maximum Gasteiger partial charge on any atom is 0.117 e. The fourth-order valence-electron chi connectivity index (χ4n) is 2.10. The molecule has 0 saturated heterocycles. The van der Waals surface area contributed by atoms with Crippen molar-refractivity contribution < 1.29 is 4.42 Å². The van der Waals surface area contributed by atoms with Gasteiger partial charge in [0.1, 0.15) is 11.5 Å². The molecule has 0 amide bonds. The second-order valence-corrected chi connectivity index (χ2v) is 6.44. The Balaban J connectivity index is 1.95. The Morgan fingerprint density at radius 3 is 2.58 bits per heavy atom. The van der Waals surface area contributed by atoms with Crippen molar-refractivity contribution in [1.29, 1.82) is 0 Å². The summed E-state index contributed by atoms with van der Waals surface area (Å²) < 4.78 is 5.71. The first-order valence-corrected chi connectivity index (χ1v) is 8.89. The van der Waals surface area contributed by atoms with E-state index in [2.05, 4.69) is 37.6 Å². The first-order valence-electron chi connectivity index (χ1n) is 7.49. The molecule has 1 heterocycles. The highest BCUT2D eigenvalue weighted by atomic mass is 32.2. The van der Waals surface area contributed by atoms with E-state index in [0.717, 1.165) is 36.3 Å². The van der Waals surface area contributed by atoms with Gasteiger partial charge in [-0.3, -0.25) is 0 Å². The monoisotopic (exact) mass is 283 g/mol. The van der Waals surface area contributed by atoms with Crippen LogP contribution in [0.2, 0.25) is 0 Å². The van der Waals surface area contributed by atoms with Crippen molar-refractivity contribution in [2.24, 2.45) is 5.92 Å². The highest BCUT2D eigenvalue weighted by Crippen LogP contribution is 2.13. The minimum atomic E-state index is 0.854. The van der Waals surface area contributed by atoms with Gasteiger partial charge >= 0.3 is 0 Å². The molecule has 0 aliphatic rings. The van der Waals surface area contributed by atoms with Crippen LogP contribution in [-0.2, 0) is 12.3 Å². The van der Waals surface area contributed by atoms with Gasteiger partial charge in [0.2, 0.25) is 0 Å². The van der Waals surface area contributed by atoms with Crippen LogP contribution in [0, 0.1) is 5.92 Å². The van der Waals surface area contributed by atoms with E-state index in [1.807, 2.05) is 0 Å². The fraction of sp³-hybridized carbons (Fsp3) is 0.750. The normalized spacial score (nSPS) is 11.4. The quantitative estimate of drug-likeness (QED) is 0.588. The largest absolute Gasteiger partial charge is 0.464 e. The number of hydrogen-bond acceptors (Lipinski definition) is 3. The molecule has 1 aromatic rings. The number of unbranched alkanes of at least 4 members (excludes halogenated alkanes) is 3. The Labute approximate surface area is 122 Å². The van der Waals surface area contributed by atoms with E-state index in [9.17, 15) is 0 Å². The first kappa shape index (κ1) is 16.6. The topological polar surface area (TPSA) is 25.2 Å². The van der Waals surface area contributed by atoms with Crippen molar-refractivity contribution >= 4 is 11.8 Å². The lowest BCUT2D eigenvalue weighted by atomic mass is 10.0. The molecule has 0 unspecified atom stereocenters. The third kappa shape index (κ3) is 8.38. The van der Waals surface area contributed by atoms with Crippen LogP contribution in [0.5, 0.6) is 0 Å². The van der Waals surface area contributed by atoms with Gasteiger partial charge in [-0.25, -0.2) is 0 Å². The van der Waals surface area contributed by atoms with E-state index in [1.54, 1.807) is 11.8 Å². The summed E-state index contributed by atoms with van der Waals surface area (Å²) in [7, 11) is 0. The predicted octanol–water partition coefficient (Wildman–Crippen LogP) is 4.84. The van der Waals surface area contributed by atoms with E-state index >= 15 is 0 Å². The van der Waals surface area contributed by atoms with Crippen LogP contribution in [-0.4, -0.2) is 12.8 Å².